The third kappa shape index (κ3) is 2.94. The molecule has 116 valence electrons. The second kappa shape index (κ2) is 6.11. The van der Waals surface area contributed by atoms with Crippen molar-refractivity contribution in [2.24, 2.45) is 0 Å². The monoisotopic (exact) mass is 294 g/mol. The summed E-state index contributed by atoms with van der Waals surface area (Å²) < 4.78 is 5.39. The lowest BCUT2D eigenvalue weighted by molar-refractivity contribution is 0.0723. The Labute approximate surface area is 123 Å². The van der Waals surface area contributed by atoms with Gasteiger partial charge in [0.15, 0.2) is 0 Å². The Morgan fingerprint density at radius 1 is 1.33 bits per heavy atom. The van der Waals surface area contributed by atoms with Crippen molar-refractivity contribution in [2.45, 2.75) is 44.8 Å². The van der Waals surface area contributed by atoms with Gasteiger partial charge in [-0.1, -0.05) is 6.92 Å². The van der Waals surface area contributed by atoms with E-state index in [9.17, 15) is 9.90 Å². The van der Waals surface area contributed by atoms with Crippen molar-refractivity contribution in [3.63, 3.8) is 0 Å². The summed E-state index contributed by atoms with van der Waals surface area (Å²) in [4.78, 5) is 16.3. The fraction of sp³-hybridized carbons (Fsp3) is 0.786. The van der Waals surface area contributed by atoms with Crippen LogP contribution in [0.3, 0.4) is 0 Å². The van der Waals surface area contributed by atoms with Crippen LogP contribution in [0.4, 0.5) is 0 Å². The normalized spacial score (nSPS) is 26.7. The molecule has 1 aromatic rings. The molecule has 2 aliphatic rings. The summed E-state index contributed by atoms with van der Waals surface area (Å²) >= 11 is 0. The lowest BCUT2D eigenvalue weighted by Crippen LogP contribution is -2.41. The maximum Gasteiger partial charge on any atom is 0.311 e. The first kappa shape index (κ1) is 14.5. The molecule has 3 heterocycles. The van der Waals surface area contributed by atoms with Crippen LogP contribution < -0.4 is 0 Å². The summed E-state index contributed by atoms with van der Waals surface area (Å²) in [5, 5.41) is 17.9. The molecular formula is C14H22N4O3. The van der Waals surface area contributed by atoms with E-state index in [1.165, 1.54) is 12.8 Å². The van der Waals surface area contributed by atoms with Crippen LogP contribution in [0.15, 0.2) is 4.42 Å². The molecule has 7 nitrogen and oxygen atoms in total. The second-order valence-corrected chi connectivity index (χ2v) is 5.84. The number of aryl methyl sites for hydroxylation is 1. The van der Waals surface area contributed by atoms with E-state index >= 15 is 0 Å². The smallest absolute Gasteiger partial charge is 0.311 e. The third-order valence-electron chi connectivity index (χ3n) is 4.27. The molecule has 1 aromatic heterocycles. The molecule has 2 saturated heterocycles. The summed E-state index contributed by atoms with van der Waals surface area (Å²) in [6.07, 6.45) is 3.42. The highest BCUT2D eigenvalue weighted by Gasteiger charge is 2.39. The number of aliphatic hydroxyl groups excluding tert-OH is 1. The van der Waals surface area contributed by atoms with Crippen molar-refractivity contribution < 1.29 is 14.3 Å². The number of amides is 1. The number of aromatic nitrogens is 2. The van der Waals surface area contributed by atoms with Crippen molar-refractivity contribution in [1.29, 1.82) is 0 Å². The zero-order chi connectivity index (χ0) is 14.8. The number of rotatable bonds is 4. The Hall–Kier alpha value is -1.47. The number of β-amino-alcohol motifs (C(OH)–C–C–N with tert-alkyl or cyclic N) is 1. The third-order valence-corrected chi connectivity index (χ3v) is 4.27. The molecule has 0 bridgehead atoms. The predicted octanol–water partition coefficient (Wildman–Crippen LogP) is 0.303. The van der Waals surface area contributed by atoms with E-state index in [1.54, 1.807) is 4.90 Å². The van der Waals surface area contributed by atoms with E-state index in [4.69, 9.17) is 4.42 Å². The quantitative estimate of drug-likeness (QED) is 0.860. The van der Waals surface area contributed by atoms with Crippen LogP contribution in [0.25, 0.3) is 0 Å². The number of carbonyl (C=O) groups excluding carboxylic acids is 1. The van der Waals surface area contributed by atoms with Crippen molar-refractivity contribution >= 4 is 5.91 Å². The molecule has 0 aliphatic carbocycles. The van der Waals surface area contributed by atoms with Crippen LogP contribution in [0, 0.1) is 0 Å². The van der Waals surface area contributed by atoms with Crippen LogP contribution in [-0.2, 0) is 6.42 Å². The number of carbonyl (C=O) groups is 1. The highest BCUT2D eigenvalue weighted by atomic mass is 16.4. The van der Waals surface area contributed by atoms with Gasteiger partial charge in [-0.3, -0.25) is 9.69 Å². The molecule has 1 amide bonds. The predicted molar refractivity (Wildman–Crippen MR) is 74.8 cm³/mol. The zero-order valence-corrected chi connectivity index (χ0v) is 12.4. The van der Waals surface area contributed by atoms with Crippen molar-refractivity contribution in [3.8, 4) is 0 Å². The molecule has 0 radical (unpaired) electrons. The van der Waals surface area contributed by atoms with Gasteiger partial charge in [-0.25, -0.2) is 0 Å². The van der Waals surface area contributed by atoms with Gasteiger partial charge in [-0.2, -0.15) is 0 Å². The largest absolute Gasteiger partial charge is 0.417 e. The molecule has 2 fully saturated rings. The van der Waals surface area contributed by atoms with Gasteiger partial charge in [0, 0.05) is 19.5 Å². The maximum absolute atomic E-state index is 12.4. The van der Waals surface area contributed by atoms with E-state index in [2.05, 4.69) is 15.1 Å². The number of aliphatic hydroxyl groups is 1. The standard InChI is InChI=1S/C14H22N4O3/c1-2-5-12-15-16-13(21-12)14(20)18-8-10(11(19)9-18)17-6-3-4-7-17/h10-11,19H,2-9H2,1H3/t10-,11-/m0/s1. The first-order valence-electron chi connectivity index (χ1n) is 7.72. The van der Waals surface area contributed by atoms with E-state index < -0.39 is 6.10 Å². The Balaban J connectivity index is 1.65. The lowest BCUT2D eigenvalue weighted by Gasteiger charge is -2.25. The van der Waals surface area contributed by atoms with Crippen LogP contribution in [-0.4, -0.2) is 69.3 Å². The fourth-order valence-electron chi connectivity index (χ4n) is 3.16. The molecule has 0 aromatic carbocycles. The van der Waals surface area contributed by atoms with Crippen LogP contribution >= 0.6 is 0 Å². The molecule has 0 spiro atoms. The Bertz CT molecular complexity index is 498. The summed E-state index contributed by atoms with van der Waals surface area (Å²) in [6.45, 7) is 4.90. The summed E-state index contributed by atoms with van der Waals surface area (Å²) in [6, 6.07) is 0.0366. The van der Waals surface area contributed by atoms with E-state index in [0.29, 0.717) is 25.4 Å². The Morgan fingerprint density at radius 2 is 2.10 bits per heavy atom. The topological polar surface area (TPSA) is 82.7 Å². The highest BCUT2D eigenvalue weighted by Crippen LogP contribution is 2.22. The zero-order valence-electron chi connectivity index (χ0n) is 12.4. The molecule has 0 saturated carbocycles. The minimum atomic E-state index is -0.495. The first-order valence-corrected chi connectivity index (χ1v) is 7.72. The average Bonchev–Trinajstić information content (AvgIpc) is 3.17. The van der Waals surface area contributed by atoms with Gasteiger partial charge in [0.05, 0.1) is 12.1 Å². The van der Waals surface area contributed by atoms with Gasteiger partial charge >= 0.3 is 11.8 Å². The number of nitrogens with zero attached hydrogens (tertiary/aromatic N) is 4. The molecular weight excluding hydrogens is 272 g/mol. The van der Waals surface area contributed by atoms with Gasteiger partial charge in [-0.05, 0) is 32.4 Å². The minimum absolute atomic E-state index is 0.0349. The minimum Gasteiger partial charge on any atom is -0.417 e. The average molecular weight is 294 g/mol. The molecule has 0 unspecified atom stereocenters. The highest BCUT2D eigenvalue weighted by molar-refractivity contribution is 5.89. The lowest BCUT2D eigenvalue weighted by atomic mass is 10.2. The number of likely N-dealkylation sites (tertiary alicyclic amines) is 2. The van der Waals surface area contributed by atoms with E-state index in [1.807, 2.05) is 6.92 Å². The number of hydrogen-bond acceptors (Lipinski definition) is 6. The van der Waals surface area contributed by atoms with Crippen molar-refractivity contribution in [2.75, 3.05) is 26.2 Å². The molecule has 2 atom stereocenters. The SMILES string of the molecule is CCCc1nnc(C(=O)N2C[C@H](O)[C@@H](N3CCCC3)C2)o1. The van der Waals surface area contributed by atoms with Gasteiger partial charge in [0.25, 0.3) is 0 Å². The summed E-state index contributed by atoms with van der Waals surface area (Å²) in [7, 11) is 0. The van der Waals surface area contributed by atoms with Crippen molar-refractivity contribution in [1.82, 2.24) is 20.0 Å². The number of hydrogen-bond donors (Lipinski definition) is 1. The fourth-order valence-corrected chi connectivity index (χ4v) is 3.16. The molecule has 7 heteroatoms. The second-order valence-electron chi connectivity index (χ2n) is 5.84. The van der Waals surface area contributed by atoms with E-state index in [0.717, 1.165) is 19.5 Å². The molecule has 21 heavy (non-hydrogen) atoms. The maximum atomic E-state index is 12.4. The molecule has 3 rings (SSSR count). The molecule has 1 N–H and O–H groups in total. The summed E-state index contributed by atoms with van der Waals surface area (Å²) in [5.74, 6) is 0.259. The first-order chi connectivity index (χ1) is 10.2. The van der Waals surface area contributed by atoms with Crippen LogP contribution in [0.1, 0.15) is 42.8 Å². The Morgan fingerprint density at radius 3 is 2.81 bits per heavy atom. The van der Waals surface area contributed by atoms with E-state index in [-0.39, 0.29) is 17.8 Å². The van der Waals surface area contributed by atoms with Gasteiger partial charge in [-0.15, -0.1) is 10.2 Å². The molecule has 2 aliphatic heterocycles. The van der Waals surface area contributed by atoms with Gasteiger partial charge in [0.2, 0.25) is 5.89 Å². The van der Waals surface area contributed by atoms with Gasteiger partial charge in [0.1, 0.15) is 0 Å². The Kier molecular flexibility index (Phi) is 4.21. The van der Waals surface area contributed by atoms with Gasteiger partial charge < -0.3 is 14.4 Å². The van der Waals surface area contributed by atoms with Crippen LogP contribution in [0.5, 0.6) is 0 Å². The van der Waals surface area contributed by atoms with Crippen LogP contribution in [0.2, 0.25) is 0 Å². The van der Waals surface area contributed by atoms with Crippen molar-refractivity contribution in [3.05, 3.63) is 11.8 Å². The summed E-state index contributed by atoms with van der Waals surface area (Å²) in [5.41, 5.74) is 0.